The Labute approximate surface area is 176 Å². The largest absolute Gasteiger partial charge is 0.368 e. The minimum Gasteiger partial charge on any atom is -0.368 e. The fraction of sp³-hybridized carbons (Fsp3) is 0.364. The van der Waals surface area contributed by atoms with Gasteiger partial charge in [0.25, 0.3) is 5.91 Å². The lowest BCUT2D eigenvalue weighted by Gasteiger charge is -2.36. The molecule has 2 aliphatic heterocycles. The summed E-state index contributed by atoms with van der Waals surface area (Å²) >= 11 is 0. The van der Waals surface area contributed by atoms with E-state index in [9.17, 15) is 18.0 Å². The standard InChI is InChI=1S/C22H25N3O4S/c1-16-5-3-7-19(13-16)23-9-11-24(12-10-23)22(27)18-6-4-8-20(14-18)25-21(26)17(2)15-30(25,28)29/h3-8,13-14,17H,9-12,15H2,1-2H3. The maximum absolute atomic E-state index is 13.0. The van der Waals surface area contributed by atoms with Gasteiger partial charge in [-0.25, -0.2) is 12.7 Å². The van der Waals surface area contributed by atoms with Crippen LogP contribution < -0.4 is 9.21 Å². The first-order valence-electron chi connectivity index (χ1n) is 10.0. The number of anilines is 2. The zero-order valence-corrected chi connectivity index (χ0v) is 17.9. The van der Waals surface area contributed by atoms with Crippen LogP contribution in [0.15, 0.2) is 48.5 Å². The Bertz CT molecular complexity index is 1090. The van der Waals surface area contributed by atoms with Crippen molar-refractivity contribution in [3.63, 3.8) is 0 Å². The smallest absolute Gasteiger partial charge is 0.254 e. The first-order chi connectivity index (χ1) is 14.3. The molecule has 8 heteroatoms. The zero-order chi connectivity index (χ0) is 21.5. The van der Waals surface area contributed by atoms with E-state index in [-0.39, 0.29) is 17.3 Å². The molecule has 0 N–H and O–H groups in total. The van der Waals surface area contributed by atoms with Crippen molar-refractivity contribution < 1.29 is 18.0 Å². The van der Waals surface area contributed by atoms with Crippen LogP contribution in [0.1, 0.15) is 22.8 Å². The van der Waals surface area contributed by atoms with Crippen LogP contribution in [0.25, 0.3) is 0 Å². The quantitative estimate of drug-likeness (QED) is 0.751. The van der Waals surface area contributed by atoms with Crippen molar-refractivity contribution in [2.24, 2.45) is 5.92 Å². The summed E-state index contributed by atoms with van der Waals surface area (Å²) in [4.78, 5) is 29.4. The molecule has 0 spiro atoms. The molecule has 0 radical (unpaired) electrons. The fourth-order valence-electron chi connectivity index (χ4n) is 4.03. The minimum absolute atomic E-state index is 0.155. The highest BCUT2D eigenvalue weighted by Crippen LogP contribution is 2.29. The number of piperazine rings is 1. The molecule has 2 aliphatic rings. The van der Waals surface area contributed by atoms with E-state index < -0.39 is 21.8 Å². The second-order valence-corrected chi connectivity index (χ2v) is 9.81. The number of hydrogen-bond donors (Lipinski definition) is 0. The van der Waals surface area contributed by atoms with Crippen molar-refractivity contribution in [3.8, 4) is 0 Å². The average molecular weight is 428 g/mol. The molecule has 4 rings (SSSR count). The highest BCUT2D eigenvalue weighted by atomic mass is 32.2. The van der Waals surface area contributed by atoms with E-state index in [0.29, 0.717) is 18.7 Å². The van der Waals surface area contributed by atoms with Crippen LogP contribution in [0.3, 0.4) is 0 Å². The first-order valence-corrected chi connectivity index (χ1v) is 11.6. The molecular formula is C22H25N3O4S. The molecule has 2 aromatic carbocycles. The van der Waals surface area contributed by atoms with Gasteiger partial charge in [0.15, 0.2) is 0 Å². The van der Waals surface area contributed by atoms with Gasteiger partial charge in [-0.1, -0.05) is 25.1 Å². The summed E-state index contributed by atoms with van der Waals surface area (Å²) in [6.07, 6.45) is 0. The third-order valence-corrected chi connectivity index (χ3v) is 7.49. The lowest BCUT2D eigenvalue weighted by molar-refractivity contribution is -0.119. The highest BCUT2D eigenvalue weighted by molar-refractivity contribution is 7.94. The Hall–Kier alpha value is -2.87. The molecule has 2 aromatic rings. The Morgan fingerprint density at radius 2 is 1.63 bits per heavy atom. The summed E-state index contributed by atoms with van der Waals surface area (Å²) in [6.45, 7) is 6.27. The van der Waals surface area contributed by atoms with Gasteiger partial charge in [0.2, 0.25) is 15.9 Å². The van der Waals surface area contributed by atoms with Gasteiger partial charge in [0.1, 0.15) is 0 Å². The first kappa shape index (κ1) is 20.4. The molecule has 0 aliphatic carbocycles. The highest BCUT2D eigenvalue weighted by Gasteiger charge is 2.42. The normalized spacial score (nSPS) is 21.2. The molecule has 1 unspecified atom stereocenters. The number of rotatable bonds is 3. The Balaban J connectivity index is 1.49. The van der Waals surface area contributed by atoms with Crippen LogP contribution in [0.5, 0.6) is 0 Å². The predicted octanol–water partition coefficient (Wildman–Crippen LogP) is 2.27. The van der Waals surface area contributed by atoms with E-state index in [1.165, 1.54) is 11.6 Å². The number of aryl methyl sites for hydroxylation is 1. The summed E-state index contributed by atoms with van der Waals surface area (Å²) in [6, 6.07) is 14.6. The topological polar surface area (TPSA) is 78.0 Å². The van der Waals surface area contributed by atoms with Gasteiger partial charge >= 0.3 is 0 Å². The number of carbonyl (C=O) groups excluding carboxylic acids is 2. The van der Waals surface area contributed by atoms with Gasteiger partial charge < -0.3 is 9.80 Å². The third kappa shape index (κ3) is 3.79. The van der Waals surface area contributed by atoms with Crippen molar-refractivity contribution in [1.82, 2.24) is 4.90 Å². The van der Waals surface area contributed by atoms with Gasteiger partial charge in [-0.2, -0.15) is 0 Å². The molecule has 2 fully saturated rings. The van der Waals surface area contributed by atoms with Crippen LogP contribution in [0, 0.1) is 12.8 Å². The van der Waals surface area contributed by atoms with Crippen LogP contribution in [0.2, 0.25) is 0 Å². The molecular weight excluding hydrogens is 402 g/mol. The molecule has 158 valence electrons. The van der Waals surface area contributed by atoms with Crippen LogP contribution in [-0.4, -0.2) is 57.1 Å². The van der Waals surface area contributed by atoms with E-state index in [4.69, 9.17) is 0 Å². The van der Waals surface area contributed by atoms with Gasteiger partial charge in [0.05, 0.1) is 17.4 Å². The summed E-state index contributed by atoms with van der Waals surface area (Å²) in [7, 11) is -3.70. The number of carbonyl (C=O) groups is 2. The maximum atomic E-state index is 13.0. The Morgan fingerprint density at radius 3 is 2.27 bits per heavy atom. The number of hydrogen-bond acceptors (Lipinski definition) is 5. The summed E-state index contributed by atoms with van der Waals surface area (Å²) in [5.74, 6) is -1.39. The predicted molar refractivity (Wildman–Crippen MR) is 116 cm³/mol. The third-order valence-electron chi connectivity index (χ3n) is 5.62. The molecule has 7 nitrogen and oxygen atoms in total. The molecule has 0 saturated carbocycles. The zero-order valence-electron chi connectivity index (χ0n) is 17.1. The van der Waals surface area contributed by atoms with Crippen LogP contribution in [0.4, 0.5) is 11.4 Å². The van der Waals surface area contributed by atoms with Crippen LogP contribution >= 0.6 is 0 Å². The SMILES string of the molecule is Cc1cccc(N2CCN(C(=O)c3cccc(N4C(=O)C(C)CS4(=O)=O)c3)CC2)c1. The molecule has 0 bridgehead atoms. The van der Waals surface area contributed by atoms with E-state index >= 15 is 0 Å². The number of amides is 2. The molecule has 1 atom stereocenters. The summed E-state index contributed by atoms with van der Waals surface area (Å²) < 4.78 is 25.6. The molecule has 30 heavy (non-hydrogen) atoms. The van der Waals surface area contributed by atoms with Gasteiger partial charge in [-0.3, -0.25) is 9.59 Å². The summed E-state index contributed by atoms with van der Waals surface area (Å²) in [5, 5.41) is 0. The molecule has 2 saturated heterocycles. The van der Waals surface area contributed by atoms with Crippen molar-refractivity contribution >= 4 is 33.2 Å². The maximum Gasteiger partial charge on any atom is 0.254 e. The van der Waals surface area contributed by atoms with Crippen molar-refractivity contribution in [2.75, 3.05) is 41.1 Å². The van der Waals surface area contributed by atoms with Gasteiger partial charge in [0, 0.05) is 37.4 Å². The second-order valence-electron chi connectivity index (χ2n) is 7.95. The van der Waals surface area contributed by atoms with Crippen molar-refractivity contribution in [3.05, 3.63) is 59.7 Å². The van der Waals surface area contributed by atoms with Gasteiger partial charge in [-0.05, 0) is 42.8 Å². The van der Waals surface area contributed by atoms with E-state index in [1.807, 2.05) is 6.07 Å². The van der Waals surface area contributed by atoms with Crippen molar-refractivity contribution in [2.45, 2.75) is 13.8 Å². The molecule has 2 heterocycles. The number of benzene rings is 2. The van der Waals surface area contributed by atoms with Gasteiger partial charge in [-0.15, -0.1) is 0 Å². The lowest BCUT2D eigenvalue weighted by atomic mass is 10.1. The minimum atomic E-state index is -3.70. The van der Waals surface area contributed by atoms with E-state index in [2.05, 4.69) is 30.0 Å². The monoisotopic (exact) mass is 427 g/mol. The second kappa shape index (κ2) is 7.75. The molecule has 2 amide bonds. The van der Waals surface area contributed by atoms with Crippen molar-refractivity contribution in [1.29, 1.82) is 0 Å². The van der Waals surface area contributed by atoms with E-state index in [0.717, 1.165) is 23.1 Å². The number of sulfonamides is 1. The molecule has 0 aromatic heterocycles. The Morgan fingerprint density at radius 1 is 0.967 bits per heavy atom. The fourth-order valence-corrected chi connectivity index (χ4v) is 5.84. The Kier molecular flexibility index (Phi) is 5.27. The summed E-state index contributed by atoms with van der Waals surface area (Å²) in [5.41, 5.74) is 2.96. The van der Waals surface area contributed by atoms with Crippen LogP contribution in [-0.2, 0) is 14.8 Å². The number of nitrogens with zero attached hydrogens (tertiary/aromatic N) is 3. The van der Waals surface area contributed by atoms with E-state index in [1.54, 1.807) is 30.0 Å². The average Bonchev–Trinajstić information content (AvgIpc) is 2.94. The lowest BCUT2D eigenvalue weighted by Crippen LogP contribution is -2.48.